The van der Waals surface area contributed by atoms with Crippen molar-refractivity contribution in [3.05, 3.63) is 35.4 Å². The molecule has 1 rings (SSSR count). The van der Waals surface area contributed by atoms with Gasteiger partial charge in [0.2, 0.25) is 0 Å². The lowest BCUT2D eigenvalue weighted by molar-refractivity contribution is 1.05. The summed E-state index contributed by atoms with van der Waals surface area (Å²) in [7, 11) is 0. The quantitative estimate of drug-likeness (QED) is 0.651. The van der Waals surface area contributed by atoms with E-state index in [1.54, 1.807) is 0 Å². The molecule has 0 aliphatic heterocycles. The summed E-state index contributed by atoms with van der Waals surface area (Å²) in [6, 6.07) is 9.10. The van der Waals surface area contributed by atoms with E-state index in [4.69, 9.17) is 5.73 Å². The Kier molecular flexibility index (Phi) is 2.46. The minimum Gasteiger partial charge on any atom is -0.326 e. The molecule has 2 N–H and O–H groups in total. The van der Waals surface area contributed by atoms with Gasteiger partial charge in [0.1, 0.15) is 0 Å². The van der Waals surface area contributed by atoms with Gasteiger partial charge >= 0.3 is 0 Å². The van der Waals surface area contributed by atoms with Gasteiger partial charge in [-0.1, -0.05) is 19.1 Å². The molecular formula is C9H12N. The van der Waals surface area contributed by atoms with Crippen LogP contribution < -0.4 is 5.73 Å². The van der Waals surface area contributed by atoms with Crippen LogP contribution in [0.2, 0.25) is 0 Å². The van der Waals surface area contributed by atoms with E-state index < -0.39 is 0 Å². The Morgan fingerprint density at radius 3 is 2.70 bits per heavy atom. The molecule has 0 aromatic heterocycles. The molecule has 10 heavy (non-hydrogen) atoms. The van der Waals surface area contributed by atoms with Crippen LogP contribution in [0.15, 0.2) is 18.2 Å². The van der Waals surface area contributed by atoms with Crippen LogP contribution in [0.5, 0.6) is 0 Å². The lowest BCUT2D eigenvalue weighted by Crippen LogP contribution is -1.96. The summed E-state index contributed by atoms with van der Waals surface area (Å²) in [6.45, 7) is 2.74. The Labute approximate surface area is 61.9 Å². The second kappa shape index (κ2) is 3.37. The summed E-state index contributed by atoms with van der Waals surface area (Å²) in [5.41, 5.74) is 7.93. The van der Waals surface area contributed by atoms with Gasteiger partial charge in [0, 0.05) is 6.54 Å². The highest BCUT2D eigenvalue weighted by molar-refractivity contribution is 5.22. The van der Waals surface area contributed by atoms with Crippen molar-refractivity contribution >= 4 is 0 Å². The fourth-order valence-corrected chi connectivity index (χ4v) is 0.899. The molecule has 1 aromatic rings. The van der Waals surface area contributed by atoms with E-state index in [1.807, 2.05) is 12.1 Å². The van der Waals surface area contributed by atoms with Crippen molar-refractivity contribution in [2.24, 2.45) is 5.73 Å². The molecule has 0 aliphatic carbocycles. The number of hydrogen-bond donors (Lipinski definition) is 1. The van der Waals surface area contributed by atoms with Crippen molar-refractivity contribution in [3.8, 4) is 0 Å². The third-order valence-corrected chi connectivity index (χ3v) is 1.55. The highest BCUT2D eigenvalue weighted by Gasteiger charge is 1.90. The van der Waals surface area contributed by atoms with E-state index in [-0.39, 0.29) is 0 Å². The molecule has 1 radical (unpaired) electrons. The Bertz CT molecular complexity index is 186. The van der Waals surface area contributed by atoms with Crippen LogP contribution in [-0.2, 0) is 13.0 Å². The molecule has 0 heterocycles. The third kappa shape index (κ3) is 1.58. The zero-order chi connectivity index (χ0) is 7.40. The van der Waals surface area contributed by atoms with Crippen LogP contribution in [0.4, 0.5) is 0 Å². The van der Waals surface area contributed by atoms with E-state index >= 15 is 0 Å². The topological polar surface area (TPSA) is 26.0 Å². The van der Waals surface area contributed by atoms with Gasteiger partial charge in [0.15, 0.2) is 0 Å². The second-order valence-corrected chi connectivity index (χ2v) is 2.31. The van der Waals surface area contributed by atoms with Gasteiger partial charge in [-0.15, -0.1) is 0 Å². The van der Waals surface area contributed by atoms with Gasteiger partial charge in [-0.2, -0.15) is 0 Å². The van der Waals surface area contributed by atoms with Crippen molar-refractivity contribution in [2.45, 2.75) is 19.9 Å². The summed E-state index contributed by atoms with van der Waals surface area (Å²) < 4.78 is 0. The maximum atomic E-state index is 5.45. The zero-order valence-corrected chi connectivity index (χ0v) is 6.22. The lowest BCUT2D eigenvalue weighted by atomic mass is 10.1. The van der Waals surface area contributed by atoms with Gasteiger partial charge in [-0.3, -0.25) is 0 Å². The molecule has 1 nitrogen and oxygen atoms in total. The van der Waals surface area contributed by atoms with Gasteiger partial charge in [0.05, 0.1) is 0 Å². The molecular weight excluding hydrogens is 122 g/mol. The summed E-state index contributed by atoms with van der Waals surface area (Å²) in [5, 5.41) is 0. The van der Waals surface area contributed by atoms with Crippen molar-refractivity contribution < 1.29 is 0 Å². The first kappa shape index (κ1) is 7.29. The van der Waals surface area contributed by atoms with Crippen molar-refractivity contribution in [2.75, 3.05) is 0 Å². The molecule has 1 heteroatoms. The fraction of sp³-hybridized carbons (Fsp3) is 0.333. The van der Waals surface area contributed by atoms with Gasteiger partial charge in [0.25, 0.3) is 0 Å². The standard InChI is InChI=1S/C9H12N/c1-2-8-4-3-5-9(6-8)7-10/h4-6H,2,7,10H2,1H3. The van der Waals surface area contributed by atoms with Gasteiger partial charge in [-0.25, -0.2) is 0 Å². The predicted molar refractivity (Wildman–Crippen MR) is 42.5 cm³/mol. The summed E-state index contributed by atoms with van der Waals surface area (Å²) >= 11 is 0. The largest absolute Gasteiger partial charge is 0.326 e. The smallest absolute Gasteiger partial charge is 0.0178 e. The van der Waals surface area contributed by atoms with E-state index in [1.165, 1.54) is 11.1 Å². The maximum Gasteiger partial charge on any atom is 0.0178 e. The number of nitrogens with two attached hydrogens (primary N) is 1. The Hall–Kier alpha value is -0.820. The Morgan fingerprint density at radius 2 is 2.10 bits per heavy atom. The van der Waals surface area contributed by atoms with Gasteiger partial charge < -0.3 is 5.73 Å². The van der Waals surface area contributed by atoms with Crippen molar-refractivity contribution in [3.63, 3.8) is 0 Å². The molecule has 0 bridgehead atoms. The van der Waals surface area contributed by atoms with E-state index in [2.05, 4.69) is 19.1 Å². The normalized spacial score (nSPS) is 9.80. The van der Waals surface area contributed by atoms with Crippen molar-refractivity contribution in [1.82, 2.24) is 0 Å². The lowest BCUT2D eigenvalue weighted by Gasteiger charge is -1.98. The minimum absolute atomic E-state index is 0.615. The van der Waals surface area contributed by atoms with Crippen LogP contribution in [-0.4, -0.2) is 0 Å². The van der Waals surface area contributed by atoms with Crippen LogP contribution in [0.1, 0.15) is 18.1 Å². The summed E-state index contributed by atoms with van der Waals surface area (Å²) in [4.78, 5) is 0. The predicted octanol–water partition coefficient (Wildman–Crippen LogP) is 1.51. The first-order valence-corrected chi connectivity index (χ1v) is 3.55. The summed E-state index contributed by atoms with van der Waals surface area (Å²) in [6.07, 6.45) is 1.06. The average molecular weight is 134 g/mol. The van der Waals surface area contributed by atoms with E-state index in [0.29, 0.717) is 6.54 Å². The Balaban J connectivity index is 2.87. The maximum absolute atomic E-state index is 5.45. The first-order valence-electron chi connectivity index (χ1n) is 3.55. The van der Waals surface area contributed by atoms with Crippen LogP contribution in [0.3, 0.4) is 0 Å². The van der Waals surface area contributed by atoms with Gasteiger partial charge in [-0.05, 0) is 29.7 Å². The average Bonchev–Trinajstić information content (AvgIpc) is 2.05. The monoisotopic (exact) mass is 134 g/mol. The molecule has 0 atom stereocenters. The second-order valence-electron chi connectivity index (χ2n) is 2.31. The molecule has 0 amide bonds. The fourth-order valence-electron chi connectivity index (χ4n) is 0.899. The molecule has 0 aliphatic rings. The highest BCUT2D eigenvalue weighted by atomic mass is 14.5. The number of aryl methyl sites for hydroxylation is 1. The summed E-state index contributed by atoms with van der Waals surface area (Å²) in [5.74, 6) is 0. The van der Waals surface area contributed by atoms with Crippen molar-refractivity contribution in [1.29, 1.82) is 0 Å². The highest BCUT2D eigenvalue weighted by Crippen LogP contribution is 2.03. The molecule has 53 valence electrons. The number of benzene rings is 1. The minimum atomic E-state index is 0.615. The number of rotatable bonds is 2. The molecule has 0 unspecified atom stereocenters. The first-order chi connectivity index (χ1) is 4.86. The van der Waals surface area contributed by atoms with Crippen LogP contribution in [0.25, 0.3) is 0 Å². The van der Waals surface area contributed by atoms with Crippen LogP contribution >= 0.6 is 0 Å². The number of hydrogen-bond acceptors (Lipinski definition) is 1. The third-order valence-electron chi connectivity index (χ3n) is 1.55. The van der Waals surface area contributed by atoms with Crippen LogP contribution in [0, 0.1) is 6.07 Å². The zero-order valence-electron chi connectivity index (χ0n) is 6.22. The Morgan fingerprint density at radius 1 is 1.40 bits per heavy atom. The molecule has 0 spiro atoms. The molecule has 0 saturated carbocycles. The SMILES string of the molecule is CCc1c[c]cc(CN)c1. The van der Waals surface area contributed by atoms with E-state index in [0.717, 1.165) is 6.42 Å². The molecule has 0 saturated heterocycles. The van der Waals surface area contributed by atoms with E-state index in [9.17, 15) is 0 Å². The molecule has 0 fully saturated rings. The molecule has 1 aromatic carbocycles.